The summed E-state index contributed by atoms with van der Waals surface area (Å²) in [6.07, 6.45) is 6.11. The molecular formula is C28H31N7O4. The molecule has 0 radical (unpaired) electrons. The Balaban J connectivity index is 1.11. The van der Waals surface area contributed by atoms with E-state index in [1.165, 1.54) is 0 Å². The van der Waals surface area contributed by atoms with Gasteiger partial charge < -0.3 is 24.3 Å². The van der Waals surface area contributed by atoms with Gasteiger partial charge in [0.05, 0.1) is 37.2 Å². The molecule has 7 rings (SSSR count). The first-order chi connectivity index (χ1) is 19.0. The second kappa shape index (κ2) is 9.04. The van der Waals surface area contributed by atoms with E-state index in [0.29, 0.717) is 63.6 Å². The topological polar surface area (TPSA) is 115 Å². The second-order valence-corrected chi connectivity index (χ2v) is 11.1. The van der Waals surface area contributed by atoms with Crippen molar-refractivity contribution in [3.63, 3.8) is 0 Å². The van der Waals surface area contributed by atoms with Crippen LogP contribution in [0.1, 0.15) is 36.0 Å². The lowest BCUT2D eigenvalue weighted by atomic mass is 9.85. The number of aromatic nitrogens is 3. The van der Waals surface area contributed by atoms with Gasteiger partial charge in [0.1, 0.15) is 12.1 Å². The standard InChI is InChI=1S/C28H31N7O4/c36-23(34-10-4-7-27(34)17-39-18-27)16-33-19-35(22-5-2-1-3-6-22)28(26(33)38)8-11-32(12-9-28)25(37)21-13-20-15-30-31-24(20)29-14-21/h1-3,5-6,13-15H,4,7-12,16-19H2,(H,29,30,31). The highest BCUT2D eigenvalue weighted by Gasteiger charge is 2.55. The van der Waals surface area contributed by atoms with E-state index >= 15 is 0 Å². The van der Waals surface area contributed by atoms with Crippen LogP contribution in [0.25, 0.3) is 11.0 Å². The third kappa shape index (κ3) is 3.78. The molecule has 2 aromatic heterocycles. The van der Waals surface area contributed by atoms with E-state index in [0.717, 1.165) is 23.9 Å². The number of hydrogen-bond acceptors (Lipinski definition) is 7. The normalized spacial score (nSPS) is 21.8. The molecule has 3 aromatic rings. The fourth-order valence-electron chi connectivity index (χ4n) is 6.75. The summed E-state index contributed by atoms with van der Waals surface area (Å²) in [4.78, 5) is 52.7. The number of nitrogens with zero attached hydrogens (tertiary/aromatic N) is 6. The van der Waals surface area contributed by atoms with Gasteiger partial charge in [-0.3, -0.25) is 19.5 Å². The average molecular weight is 530 g/mol. The summed E-state index contributed by atoms with van der Waals surface area (Å²) < 4.78 is 5.45. The van der Waals surface area contributed by atoms with E-state index < -0.39 is 5.54 Å². The molecule has 2 spiro atoms. The fraction of sp³-hybridized carbons (Fsp3) is 0.464. The van der Waals surface area contributed by atoms with Gasteiger partial charge in [-0.2, -0.15) is 5.10 Å². The number of fused-ring (bicyclic) bond motifs is 1. The van der Waals surface area contributed by atoms with Gasteiger partial charge in [0.2, 0.25) is 5.91 Å². The number of pyridine rings is 1. The Morgan fingerprint density at radius 1 is 1.03 bits per heavy atom. The van der Waals surface area contributed by atoms with Gasteiger partial charge in [-0.25, -0.2) is 4.98 Å². The number of piperidine rings is 1. The minimum absolute atomic E-state index is 0.0102. The van der Waals surface area contributed by atoms with Gasteiger partial charge in [-0.1, -0.05) is 18.2 Å². The monoisotopic (exact) mass is 529 g/mol. The van der Waals surface area contributed by atoms with Crippen molar-refractivity contribution in [2.75, 3.05) is 51.0 Å². The van der Waals surface area contributed by atoms with Crippen molar-refractivity contribution in [2.45, 2.75) is 36.8 Å². The van der Waals surface area contributed by atoms with Crippen LogP contribution in [0.5, 0.6) is 0 Å². The van der Waals surface area contributed by atoms with E-state index in [9.17, 15) is 14.4 Å². The summed E-state index contributed by atoms with van der Waals surface area (Å²) in [7, 11) is 0. The number of carbonyl (C=O) groups excluding carboxylic acids is 3. The fourth-order valence-corrected chi connectivity index (χ4v) is 6.75. The summed E-state index contributed by atoms with van der Waals surface area (Å²) in [5, 5.41) is 7.57. The van der Waals surface area contributed by atoms with Crippen LogP contribution in [0.2, 0.25) is 0 Å². The molecular weight excluding hydrogens is 498 g/mol. The number of rotatable bonds is 4. The lowest BCUT2D eigenvalue weighted by Crippen LogP contribution is -2.62. The molecule has 0 atom stereocenters. The Kier molecular flexibility index (Phi) is 5.58. The summed E-state index contributed by atoms with van der Waals surface area (Å²) >= 11 is 0. The van der Waals surface area contributed by atoms with Crippen LogP contribution in [0, 0.1) is 0 Å². The number of ether oxygens (including phenoxy) is 1. The number of aromatic amines is 1. The number of nitrogens with one attached hydrogen (secondary N) is 1. The van der Waals surface area contributed by atoms with Gasteiger partial charge in [0, 0.05) is 36.9 Å². The lowest BCUT2D eigenvalue weighted by molar-refractivity contribution is -0.161. The smallest absolute Gasteiger partial charge is 0.255 e. The summed E-state index contributed by atoms with van der Waals surface area (Å²) in [5.41, 5.74) is 1.10. The maximum absolute atomic E-state index is 14.1. The molecule has 4 aliphatic heterocycles. The number of carbonyl (C=O) groups is 3. The molecule has 1 aromatic carbocycles. The molecule has 0 unspecified atom stereocenters. The molecule has 4 saturated heterocycles. The Labute approximate surface area is 225 Å². The predicted octanol–water partition coefficient (Wildman–Crippen LogP) is 1.63. The second-order valence-electron chi connectivity index (χ2n) is 11.1. The molecule has 202 valence electrons. The van der Waals surface area contributed by atoms with Gasteiger partial charge in [-0.05, 0) is 43.9 Å². The molecule has 4 fully saturated rings. The molecule has 11 heteroatoms. The predicted molar refractivity (Wildman–Crippen MR) is 142 cm³/mol. The van der Waals surface area contributed by atoms with Gasteiger partial charge >= 0.3 is 0 Å². The number of anilines is 1. The quantitative estimate of drug-likeness (QED) is 0.546. The van der Waals surface area contributed by atoms with Gasteiger partial charge in [0.25, 0.3) is 11.8 Å². The van der Waals surface area contributed by atoms with Crippen LogP contribution in [-0.2, 0) is 14.3 Å². The highest BCUT2D eigenvalue weighted by molar-refractivity contribution is 5.99. The molecule has 0 bridgehead atoms. The summed E-state index contributed by atoms with van der Waals surface area (Å²) in [6.45, 7) is 3.16. The first-order valence-corrected chi connectivity index (χ1v) is 13.6. The van der Waals surface area contributed by atoms with Crippen LogP contribution in [-0.4, -0.2) is 105 Å². The molecule has 39 heavy (non-hydrogen) atoms. The van der Waals surface area contributed by atoms with Crippen molar-refractivity contribution in [3.05, 3.63) is 54.4 Å². The highest BCUT2D eigenvalue weighted by atomic mass is 16.5. The number of hydrogen-bond donors (Lipinski definition) is 1. The Morgan fingerprint density at radius 2 is 1.82 bits per heavy atom. The van der Waals surface area contributed by atoms with Gasteiger partial charge in [-0.15, -0.1) is 0 Å². The van der Waals surface area contributed by atoms with E-state index in [1.54, 1.807) is 28.3 Å². The lowest BCUT2D eigenvalue weighted by Gasteiger charge is -2.45. The highest BCUT2D eigenvalue weighted by Crippen LogP contribution is 2.41. The summed E-state index contributed by atoms with van der Waals surface area (Å²) in [5.74, 6) is -0.151. The van der Waals surface area contributed by atoms with Crippen molar-refractivity contribution < 1.29 is 19.1 Å². The minimum atomic E-state index is -0.798. The number of likely N-dealkylation sites (tertiary alicyclic amines) is 2. The molecule has 3 amide bonds. The molecule has 1 N–H and O–H groups in total. The zero-order chi connectivity index (χ0) is 26.6. The first-order valence-electron chi connectivity index (χ1n) is 13.6. The average Bonchev–Trinajstić information content (AvgIpc) is 3.67. The molecule has 0 aliphatic carbocycles. The zero-order valence-electron chi connectivity index (χ0n) is 21.7. The summed E-state index contributed by atoms with van der Waals surface area (Å²) in [6, 6.07) is 11.7. The number of para-hydroxylation sites is 1. The SMILES string of the molecule is O=C(c1cnc2[nH]ncc2c1)N1CCC2(CC1)C(=O)N(CC(=O)N1CCCC13COC3)CN2c1ccccc1. The van der Waals surface area contributed by atoms with E-state index in [1.807, 2.05) is 35.2 Å². The third-order valence-electron chi connectivity index (χ3n) is 8.96. The zero-order valence-corrected chi connectivity index (χ0v) is 21.7. The molecule has 0 saturated carbocycles. The van der Waals surface area contributed by atoms with Crippen molar-refractivity contribution in [1.82, 2.24) is 29.9 Å². The first kappa shape index (κ1) is 24.1. The maximum atomic E-state index is 14.1. The van der Waals surface area contributed by atoms with E-state index in [-0.39, 0.29) is 29.8 Å². The Bertz CT molecular complexity index is 1430. The van der Waals surface area contributed by atoms with Crippen molar-refractivity contribution in [1.29, 1.82) is 0 Å². The van der Waals surface area contributed by atoms with Crippen molar-refractivity contribution in [2.24, 2.45) is 0 Å². The Hall–Kier alpha value is -3.99. The van der Waals surface area contributed by atoms with Crippen LogP contribution in [0.15, 0.2) is 48.8 Å². The van der Waals surface area contributed by atoms with Crippen LogP contribution in [0.3, 0.4) is 0 Å². The van der Waals surface area contributed by atoms with Crippen molar-refractivity contribution in [3.8, 4) is 0 Å². The van der Waals surface area contributed by atoms with Crippen molar-refractivity contribution >= 4 is 34.4 Å². The number of amides is 3. The number of H-pyrrole nitrogens is 1. The molecule has 11 nitrogen and oxygen atoms in total. The molecule has 6 heterocycles. The van der Waals surface area contributed by atoms with Gasteiger partial charge in [0.15, 0.2) is 5.65 Å². The number of benzene rings is 1. The van der Waals surface area contributed by atoms with Crippen LogP contribution in [0.4, 0.5) is 5.69 Å². The molecule has 4 aliphatic rings. The third-order valence-corrected chi connectivity index (χ3v) is 8.96. The van der Waals surface area contributed by atoms with E-state index in [2.05, 4.69) is 20.1 Å². The Morgan fingerprint density at radius 3 is 2.56 bits per heavy atom. The van der Waals surface area contributed by atoms with E-state index in [4.69, 9.17) is 4.74 Å². The van der Waals surface area contributed by atoms with Crippen LogP contribution < -0.4 is 4.90 Å². The minimum Gasteiger partial charge on any atom is -0.376 e. The largest absolute Gasteiger partial charge is 0.376 e. The maximum Gasteiger partial charge on any atom is 0.255 e. The van der Waals surface area contributed by atoms with Crippen LogP contribution >= 0.6 is 0 Å².